The summed E-state index contributed by atoms with van der Waals surface area (Å²) < 4.78 is 17.0. The Labute approximate surface area is 201 Å². The van der Waals surface area contributed by atoms with Crippen molar-refractivity contribution in [3.8, 4) is 28.9 Å². The normalized spacial score (nSPS) is 27.9. The number of halogens is 1. The molecule has 2 bridgehead atoms. The summed E-state index contributed by atoms with van der Waals surface area (Å²) in [6, 6.07) is 6.69. The topological polar surface area (TPSA) is 129 Å². The highest BCUT2D eigenvalue weighted by Gasteiger charge is 2.50. The predicted octanol–water partition coefficient (Wildman–Crippen LogP) is 2.68. The summed E-state index contributed by atoms with van der Waals surface area (Å²) in [6.07, 6.45) is 7.85. The van der Waals surface area contributed by atoms with Crippen molar-refractivity contribution in [3.63, 3.8) is 0 Å². The minimum atomic E-state index is -0.972. The molecule has 3 aromatic rings. The van der Waals surface area contributed by atoms with Crippen molar-refractivity contribution in [2.45, 2.75) is 75.3 Å². The molecule has 2 N–H and O–H groups in total. The van der Waals surface area contributed by atoms with Gasteiger partial charge in [0.15, 0.2) is 17.3 Å². The zero-order valence-electron chi connectivity index (χ0n) is 19.3. The van der Waals surface area contributed by atoms with E-state index in [9.17, 15) is 5.11 Å². The first-order valence-corrected chi connectivity index (χ1v) is 12.0. The van der Waals surface area contributed by atoms with Gasteiger partial charge in [0.2, 0.25) is 0 Å². The van der Waals surface area contributed by atoms with Crippen LogP contribution in [0.15, 0.2) is 30.6 Å². The molecule has 1 aliphatic carbocycles. The van der Waals surface area contributed by atoms with Crippen LogP contribution in [0.4, 0.5) is 10.2 Å². The first-order chi connectivity index (χ1) is 16.9. The van der Waals surface area contributed by atoms with Crippen molar-refractivity contribution in [2.75, 3.05) is 4.90 Å². The molecule has 2 saturated heterocycles. The minimum absolute atomic E-state index is 0.0481. The molecule has 4 heterocycles. The Morgan fingerprint density at radius 1 is 1.26 bits per heavy atom. The number of hydrogen-bond acceptors (Lipinski definition) is 9. The van der Waals surface area contributed by atoms with Gasteiger partial charge in [-0.05, 0) is 57.6 Å². The monoisotopic (exact) mass is 475 g/mol. The van der Waals surface area contributed by atoms with Gasteiger partial charge < -0.3 is 15.3 Å². The molecule has 3 fully saturated rings. The van der Waals surface area contributed by atoms with E-state index >= 15 is 4.39 Å². The van der Waals surface area contributed by atoms with Crippen molar-refractivity contribution >= 4 is 5.82 Å². The molecule has 10 nitrogen and oxygen atoms in total. The van der Waals surface area contributed by atoms with Crippen LogP contribution >= 0.6 is 0 Å². The van der Waals surface area contributed by atoms with Crippen LogP contribution < -0.4 is 10.2 Å². The van der Waals surface area contributed by atoms with Gasteiger partial charge >= 0.3 is 0 Å². The van der Waals surface area contributed by atoms with Crippen LogP contribution in [0, 0.1) is 11.3 Å². The molecule has 6 rings (SSSR count). The molecule has 0 radical (unpaired) electrons. The summed E-state index contributed by atoms with van der Waals surface area (Å²) in [6.45, 7) is 2.20. The summed E-state index contributed by atoms with van der Waals surface area (Å²) in [5, 5.41) is 39.4. The Bertz CT molecular complexity index is 1280. The number of piperidine rings is 2. The Kier molecular flexibility index (Phi) is 5.14. The quantitative estimate of drug-likeness (QED) is 0.572. The largest absolute Gasteiger partial charge is 0.507 e. The maximum atomic E-state index is 15.6. The van der Waals surface area contributed by atoms with Crippen LogP contribution in [0.3, 0.4) is 0 Å². The van der Waals surface area contributed by atoms with Gasteiger partial charge in [0.25, 0.3) is 0 Å². The number of nitriles is 1. The second kappa shape index (κ2) is 8.23. The van der Waals surface area contributed by atoms with E-state index in [1.807, 2.05) is 6.07 Å². The third-order valence-electron chi connectivity index (χ3n) is 7.40. The highest BCUT2D eigenvalue weighted by atomic mass is 19.1. The van der Waals surface area contributed by atoms with Crippen molar-refractivity contribution in [1.82, 2.24) is 35.5 Å². The number of fused-ring (bicyclic) bond motifs is 2. The number of hydrogen-bond donors (Lipinski definition) is 2. The molecule has 35 heavy (non-hydrogen) atoms. The number of benzene rings is 1. The number of rotatable bonds is 5. The van der Waals surface area contributed by atoms with Gasteiger partial charge in [-0.3, -0.25) is 0 Å². The highest BCUT2D eigenvalue weighted by Crippen LogP contribution is 2.42. The maximum Gasteiger partial charge on any atom is 0.185 e. The molecule has 11 heteroatoms. The molecule has 180 valence electrons. The van der Waals surface area contributed by atoms with Crippen LogP contribution in [0.2, 0.25) is 0 Å². The van der Waals surface area contributed by atoms with Crippen molar-refractivity contribution < 1.29 is 9.50 Å². The van der Waals surface area contributed by atoms with E-state index in [1.54, 1.807) is 18.3 Å². The smallest absolute Gasteiger partial charge is 0.185 e. The fraction of sp³-hybridized carbons (Fsp3) is 0.500. The van der Waals surface area contributed by atoms with Gasteiger partial charge in [0.05, 0.1) is 29.7 Å². The average Bonchev–Trinajstić information content (AvgIpc) is 3.57. The first-order valence-electron chi connectivity index (χ1n) is 12.0. The average molecular weight is 476 g/mol. The van der Waals surface area contributed by atoms with E-state index in [0.29, 0.717) is 17.1 Å². The van der Waals surface area contributed by atoms with Crippen molar-refractivity contribution in [3.05, 3.63) is 36.3 Å². The summed E-state index contributed by atoms with van der Waals surface area (Å²) >= 11 is 0. The standard InChI is InChI=1S/C24H26FN9O/c1-24-8-2-3-18(28-24)22(25)19(10-24)34(15-4-5-15)21-12-27-23(31-30-21)17-7-6-16(9-20(17)35)33-13-14(11-26)29-32-33/h6-7,9,12-13,15,18-19,22,28,35H,2-5,8,10H2,1H3/t18-,19+,22-,24+/m1/s1. The molecular weight excluding hydrogens is 449 g/mol. The van der Waals surface area contributed by atoms with Gasteiger partial charge in [0.1, 0.15) is 18.0 Å². The predicted molar refractivity (Wildman–Crippen MR) is 125 cm³/mol. The summed E-state index contributed by atoms with van der Waals surface area (Å²) in [5.41, 5.74) is 1.08. The van der Waals surface area contributed by atoms with Crippen LogP contribution in [0.25, 0.3) is 17.1 Å². The summed E-state index contributed by atoms with van der Waals surface area (Å²) in [5.74, 6) is 0.805. The third-order valence-corrected chi connectivity index (χ3v) is 7.40. The van der Waals surface area contributed by atoms with Gasteiger partial charge in [-0.2, -0.15) is 5.26 Å². The lowest BCUT2D eigenvalue weighted by Crippen LogP contribution is -2.67. The number of nitrogens with one attached hydrogen (secondary N) is 1. The maximum absolute atomic E-state index is 15.6. The fourth-order valence-electron chi connectivity index (χ4n) is 5.58. The molecule has 1 saturated carbocycles. The molecule has 4 atom stereocenters. The van der Waals surface area contributed by atoms with Gasteiger partial charge in [-0.15, -0.1) is 15.3 Å². The second-order valence-corrected chi connectivity index (χ2v) is 10.1. The number of phenolic OH excluding ortho intramolecular Hbond substituents is 1. The molecule has 0 amide bonds. The Balaban J connectivity index is 1.26. The van der Waals surface area contributed by atoms with Crippen LogP contribution in [-0.4, -0.2) is 65.1 Å². The lowest BCUT2D eigenvalue weighted by molar-refractivity contribution is 0.0584. The number of aromatic nitrogens is 6. The Morgan fingerprint density at radius 3 is 2.80 bits per heavy atom. The zero-order valence-corrected chi connectivity index (χ0v) is 19.3. The number of aromatic hydroxyl groups is 1. The van der Waals surface area contributed by atoms with Crippen molar-refractivity contribution in [1.29, 1.82) is 5.26 Å². The van der Waals surface area contributed by atoms with E-state index in [-0.39, 0.29) is 40.9 Å². The molecule has 2 aromatic heterocycles. The number of phenols is 1. The van der Waals surface area contributed by atoms with Crippen LogP contribution in [0.5, 0.6) is 5.75 Å². The summed E-state index contributed by atoms with van der Waals surface area (Å²) in [4.78, 5) is 6.58. The lowest BCUT2D eigenvalue weighted by Gasteiger charge is -2.52. The van der Waals surface area contributed by atoms with Gasteiger partial charge in [-0.25, -0.2) is 14.1 Å². The number of alkyl halides is 1. The van der Waals surface area contributed by atoms with E-state index in [4.69, 9.17) is 5.26 Å². The second-order valence-electron chi connectivity index (χ2n) is 10.1. The minimum Gasteiger partial charge on any atom is -0.507 e. The third kappa shape index (κ3) is 3.97. The molecular formula is C24H26FN9O. The fourth-order valence-corrected chi connectivity index (χ4v) is 5.58. The van der Waals surface area contributed by atoms with E-state index in [0.717, 1.165) is 38.5 Å². The van der Waals surface area contributed by atoms with E-state index in [1.165, 1.54) is 16.9 Å². The van der Waals surface area contributed by atoms with Crippen LogP contribution in [-0.2, 0) is 0 Å². The lowest BCUT2D eigenvalue weighted by atomic mass is 9.74. The first kappa shape index (κ1) is 21.9. The number of nitrogens with zero attached hydrogens (tertiary/aromatic N) is 8. The van der Waals surface area contributed by atoms with Crippen molar-refractivity contribution in [2.24, 2.45) is 0 Å². The molecule has 0 spiro atoms. The van der Waals surface area contributed by atoms with Gasteiger partial charge in [-0.1, -0.05) is 5.21 Å². The van der Waals surface area contributed by atoms with E-state index < -0.39 is 6.17 Å². The molecule has 2 aliphatic heterocycles. The SMILES string of the molecule is C[C@@]12CCC[C@@H](N1)[C@@H](F)[C@@H](N(c1cnc(-c3ccc(-n4cc(C#N)nn4)cc3O)nn1)C1CC1)C2. The summed E-state index contributed by atoms with van der Waals surface area (Å²) in [7, 11) is 0. The Hall–Kier alpha value is -3.65. The van der Waals surface area contributed by atoms with Gasteiger partial charge in [0, 0.05) is 23.7 Å². The molecule has 1 aromatic carbocycles. The van der Waals surface area contributed by atoms with Crippen LogP contribution in [0.1, 0.15) is 51.1 Å². The Morgan fingerprint density at radius 2 is 2.11 bits per heavy atom. The number of anilines is 1. The highest BCUT2D eigenvalue weighted by molar-refractivity contribution is 5.66. The van der Waals surface area contributed by atoms with E-state index in [2.05, 4.69) is 42.6 Å². The molecule has 0 unspecified atom stereocenters. The zero-order chi connectivity index (χ0) is 24.2. The molecule has 3 aliphatic rings.